The summed E-state index contributed by atoms with van der Waals surface area (Å²) in [4.78, 5) is 16.1. The minimum Gasteiger partial charge on any atom is -0.382 e. The van der Waals surface area contributed by atoms with E-state index in [0.29, 0.717) is 6.42 Å². The van der Waals surface area contributed by atoms with Gasteiger partial charge in [-0.15, -0.1) is 0 Å². The molecule has 0 unspecified atom stereocenters. The van der Waals surface area contributed by atoms with Gasteiger partial charge >= 0.3 is 0 Å². The van der Waals surface area contributed by atoms with E-state index in [1.165, 1.54) is 5.56 Å². The molecule has 110 valence electrons. The molecule has 1 saturated heterocycles. The van der Waals surface area contributed by atoms with Crippen LogP contribution in [0, 0.1) is 13.8 Å². The van der Waals surface area contributed by atoms with Gasteiger partial charge in [-0.25, -0.2) is 0 Å². The number of aromatic nitrogens is 1. The van der Waals surface area contributed by atoms with E-state index in [2.05, 4.69) is 28.6 Å². The summed E-state index contributed by atoms with van der Waals surface area (Å²) in [6, 6.07) is 8.39. The van der Waals surface area contributed by atoms with Gasteiger partial charge < -0.3 is 10.6 Å². The molecular formula is C17H21N3O. The lowest BCUT2D eigenvalue weighted by atomic mass is 10.0. The Morgan fingerprint density at radius 2 is 2.14 bits per heavy atom. The predicted octanol–water partition coefficient (Wildman–Crippen LogP) is 2.93. The molecule has 4 nitrogen and oxygen atoms in total. The molecule has 1 aromatic heterocycles. The van der Waals surface area contributed by atoms with Crippen molar-refractivity contribution in [3.05, 3.63) is 35.5 Å². The maximum Gasteiger partial charge on any atom is 0.220 e. The van der Waals surface area contributed by atoms with Crippen LogP contribution in [-0.2, 0) is 4.79 Å². The third kappa shape index (κ3) is 2.84. The van der Waals surface area contributed by atoms with E-state index in [4.69, 9.17) is 0 Å². The average molecular weight is 283 g/mol. The van der Waals surface area contributed by atoms with Crippen molar-refractivity contribution in [2.45, 2.75) is 39.2 Å². The van der Waals surface area contributed by atoms with Crippen LogP contribution in [0.3, 0.4) is 0 Å². The molecule has 3 rings (SSSR count). The number of rotatable bonds is 3. The molecule has 21 heavy (non-hydrogen) atoms. The van der Waals surface area contributed by atoms with Crippen molar-refractivity contribution in [1.29, 1.82) is 0 Å². The second-order valence-corrected chi connectivity index (χ2v) is 5.75. The van der Waals surface area contributed by atoms with Crippen LogP contribution in [0.4, 0.5) is 5.69 Å². The zero-order chi connectivity index (χ0) is 14.8. The van der Waals surface area contributed by atoms with E-state index in [0.717, 1.165) is 41.7 Å². The molecule has 4 heteroatoms. The molecule has 1 amide bonds. The zero-order valence-electron chi connectivity index (χ0n) is 12.6. The van der Waals surface area contributed by atoms with Crippen molar-refractivity contribution < 1.29 is 4.79 Å². The van der Waals surface area contributed by atoms with E-state index in [1.807, 2.05) is 25.1 Å². The Morgan fingerprint density at radius 3 is 2.95 bits per heavy atom. The van der Waals surface area contributed by atoms with Gasteiger partial charge in [0.05, 0.1) is 5.52 Å². The number of nitrogens with zero attached hydrogens (tertiary/aromatic N) is 1. The monoisotopic (exact) mass is 283 g/mol. The summed E-state index contributed by atoms with van der Waals surface area (Å²) in [5.74, 6) is 0.167. The summed E-state index contributed by atoms with van der Waals surface area (Å²) in [6.07, 6.45) is 2.68. The lowest BCUT2D eigenvalue weighted by Gasteiger charge is -2.25. The van der Waals surface area contributed by atoms with Gasteiger partial charge in [-0.05, 0) is 38.3 Å². The molecule has 2 aromatic rings. The lowest BCUT2D eigenvalue weighted by molar-refractivity contribution is -0.123. The molecule has 0 saturated carbocycles. The number of nitrogens with one attached hydrogen (secondary N) is 2. The minimum absolute atomic E-state index is 0.167. The Labute approximate surface area is 125 Å². The largest absolute Gasteiger partial charge is 0.382 e. The number of para-hydroxylation sites is 1. The summed E-state index contributed by atoms with van der Waals surface area (Å²) in [5.41, 5.74) is 4.37. The van der Waals surface area contributed by atoms with Crippen LogP contribution in [0.25, 0.3) is 10.9 Å². The summed E-state index contributed by atoms with van der Waals surface area (Å²) < 4.78 is 0. The topological polar surface area (TPSA) is 54.0 Å². The number of carbonyl (C=O) groups is 1. The fourth-order valence-electron chi connectivity index (χ4n) is 2.92. The molecule has 0 spiro atoms. The van der Waals surface area contributed by atoms with Crippen molar-refractivity contribution in [1.82, 2.24) is 10.3 Å². The first-order chi connectivity index (χ1) is 10.1. The van der Waals surface area contributed by atoms with Crippen molar-refractivity contribution in [3.8, 4) is 0 Å². The van der Waals surface area contributed by atoms with Crippen molar-refractivity contribution >= 4 is 22.5 Å². The maximum absolute atomic E-state index is 11.5. The highest BCUT2D eigenvalue weighted by Crippen LogP contribution is 2.27. The summed E-state index contributed by atoms with van der Waals surface area (Å²) >= 11 is 0. The van der Waals surface area contributed by atoms with Crippen LogP contribution in [0.2, 0.25) is 0 Å². The van der Waals surface area contributed by atoms with Crippen LogP contribution in [-0.4, -0.2) is 23.5 Å². The van der Waals surface area contributed by atoms with E-state index >= 15 is 0 Å². The van der Waals surface area contributed by atoms with E-state index in [-0.39, 0.29) is 11.9 Å². The number of carbonyl (C=O) groups excluding carboxylic acids is 1. The molecule has 2 N–H and O–H groups in total. The highest BCUT2D eigenvalue weighted by atomic mass is 16.1. The number of anilines is 1. The molecule has 2 heterocycles. The first-order valence-corrected chi connectivity index (χ1v) is 7.54. The Morgan fingerprint density at radius 1 is 1.33 bits per heavy atom. The highest BCUT2D eigenvalue weighted by Gasteiger charge is 2.18. The smallest absolute Gasteiger partial charge is 0.220 e. The second kappa shape index (κ2) is 5.72. The van der Waals surface area contributed by atoms with Crippen LogP contribution < -0.4 is 10.6 Å². The number of pyridine rings is 1. The quantitative estimate of drug-likeness (QED) is 0.910. The van der Waals surface area contributed by atoms with Crippen LogP contribution >= 0.6 is 0 Å². The van der Waals surface area contributed by atoms with Gasteiger partial charge in [0.15, 0.2) is 0 Å². The van der Waals surface area contributed by atoms with Gasteiger partial charge in [0.1, 0.15) is 0 Å². The molecule has 1 aliphatic rings. The molecule has 0 aliphatic carbocycles. The molecule has 1 fully saturated rings. The lowest BCUT2D eigenvalue weighted by Crippen LogP contribution is -2.42. The Kier molecular flexibility index (Phi) is 3.78. The SMILES string of the molecule is Cc1nc2ccccc2c(NC[C@H]2CCCC(=O)N2)c1C. The number of fused-ring (bicyclic) bond motifs is 1. The van der Waals surface area contributed by atoms with Crippen LogP contribution in [0.1, 0.15) is 30.5 Å². The van der Waals surface area contributed by atoms with Gasteiger partial charge in [0.25, 0.3) is 0 Å². The normalized spacial score (nSPS) is 18.6. The fraction of sp³-hybridized carbons (Fsp3) is 0.412. The maximum atomic E-state index is 11.5. The third-order valence-electron chi connectivity index (χ3n) is 4.23. The Balaban J connectivity index is 1.86. The first-order valence-electron chi connectivity index (χ1n) is 7.54. The van der Waals surface area contributed by atoms with E-state index in [1.54, 1.807) is 0 Å². The molecule has 1 aliphatic heterocycles. The summed E-state index contributed by atoms with van der Waals surface area (Å²) in [5, 5.41) is 7.73. The van der Waals surface area contributed by atoms with Crippen LogP contribution in [0.5, 0.6) is 0 Å². The minimum atomic E-state index is 0.167. The number of benzene rings is 1. The van der Waals surface area contributed by atoms with Gasteiger partial charge in [-0.3, -0.25) is 9.78 Å². The molecule has 1 atom stereocenters. The predicted molar refractivity (Wildman–Crippen MR) is 85.5 cm³/mol. The number of aryl methyl sites for hydroxylation is 1. The molecule has 0 radical (unpaired) electrons. The highest BCUT2D eigenvalue weighted by molar-refractivity contribution is 5.93. The number of hydrogen-bond acceptors (Lipinski definition) is 3. The van der Waals surface area contributed by atoms with Gasteiger partial charge in [-0.1, -0.05) is 18.2 Å². The average Bonchev–Trinajstić information content (AvgIpc) is 2.48. The van der Waals surface area contributed by atoms with Crippen molar-refractivity contribution in [2.24, 2.45) is 0 Å². The van der Waals surface area contributed by atoms with Crippen molar-refractivity contribution in [3.63, 3.8) is 0 Å². The standard InChI is InChI=1S/C17H21N3O/c1-11-12(2)19-15-8-4-3-7-14(15)17(11)18-10-13-6-5-9-16(21)20-13/h3-4,7-8,13H,5-6,9-10H2,1-2H3,(H,18,19)(H,20,21)/t13-/m1/s1. The number of piperidine rings is 1. The van der Waals surface area contributed by atoms with Crippen molar-refractivity contribution in [2.75, 3.05) is 11.9 Å². The molecular weight excluding hydrogens is 262 g/mol. The van der Waals surface area contributed by atoms with Gasteiger partial charge in [0, 0.05) is 35.8 Å². The Hall–Kier alpha value is -2.10. The number of amides is 1. The third-order valence-corrected chi connectivity index (χ3v) is 4.23. The second-order valence-electron chi connectivity index (χ2n) is 5.75. The zero-order valence-corrected chi connectivity index (χ0v) is 12.6. The van der Waals surface area contributed by atoms with Gasteiger partial charge in [0.2, 0.25) is 5.91 Å². The Bertz CT molecular complexity index is 681. The fourth-order valence-corrected chi connectivity index (χ4v) is 2.92. The molecule has 0 bridgehead atoms. The summed E-state index contributed by atoms with van der Waals surface area (Å²) in [6.45, 7) is 4.89. The van der Waals surface area contributed by atoms with E-state index in [9.17, 15) is 4.79 Å². The molecule has 1 aromatic carbocycles. The van der Waals surface area contributed by atoms with Crippen LogP contribution in [0.15, 0.2) is 24.3 Å². The number of hydrogen-bond donors (Lipinski definition) is 2. The van der Waals surface area contributed by atoms with E-state index < -0.39 is 0 Å². The summed E-state index contributed by atoms with van der Waals surface area (Å²) in [7, 11) is 0. The first kappa shape index (κ1) is 13.9. The van der Waals surface area contributed by atoms with Gasteiger partial charge in [-0.2, -0.15) is 0 Å².